The first-order chi connectivity index (χ1) is 12.8. The molecule has 2 N–H and O–H groups in total. The number of nitrogens with zero attached hydrogens (tertiary/aromatic N) is 1. The molecule has 0 bridgehead atoms. The molecule has 2 aromatic carbocycles. The maximum Gasteiger partial charge on any atom is 0.338 e. The van der Waals surface area contributed by atoms with Crippen molar-refractivity contribution in [3.63, 3.8) is 0 Å². The Balaban J connectivity index is 1.82. The number of benzene rings is 2. The van der Waals surface area contributed by atoms with Gasteiger partial charge in [0.1, 0.15) is 0 Å². The van der Waals surface area contributed by atoms with Crippen LogP contribution in [0.25, 0.3) is 0 Å². The molecule has 142 valence electrons. The van der Waals surface area contributed by atoms with Crippen molar-refractivity contribution in [3.8, 4) is 0 Å². The molecule has 0 radical (unpaired) electrons. The van der Waals surface area contributed by atoms with E-state index in [0.717, 1.165) is 11.3 Å². The van der Waals surface area contributed by atoms with Gasteiger partial charge in [-0.2, -0.15) is 0 Å². The minimum absolute atomic E-state index is 0.124. The average molecular weight is 369 g/mol. The highest BCUT2D eigenvalue weighted by Gasteiger charge is 2.10. The number of esters is 1. The van der Waals surface area contributed by atoms with Gasteiger partial charge in [-0.3, -0.25) is 9.59 Å². The minimum atomic E-state index is -0.584. The third-order valence-electron chi connectivity index (χ3n) is 3.73. The quantitative estimate of drug-likeness (QED) is 0.731. The smallest absolute Gasteiger partial charge is 0.338 e. The van der Waals surface area contributed by atoms with Gasteiger partial charge < -0.3 is 20.3 Å². The zero-order chi connectivity index (χ0) is 19.8. The van der Waals surface area contributed by atoms with Crippen molar-refractivity contribution in [3.05, 3.63) is 59.7 Å². The van der Waals surface area contributed by atoms with Gasteiger partial charge in [0.2, 0.25) is 5.91 Å². The number of ether oxygens (including phenoxy) is 1. The number of carbonyl (C=O) groups excluding carboxylic acids is 3. The fourth-order valence-corrected chi connectivity index (χ4v) is 2.24. The molecule has 0 saturated heterocycles. The summed E-state index contributed by atoms with van der Waals surface area (Å²) in [6.07, 6.45) is 0. The molecule has 7 heteroatoms. The summed E-state index contributed by atoms with van der Waals surface area (Å²) in [5.74, 6) is -1.12. The third-order valence-corrected chi connectivity index (χ3v) is 3.73. The summed E-state index contributed by atoms with van der Waals surface area (Å²) in [4.78, 5) is 36.8. The third kappa shape index (κ3) is 6.47. The summed E-state index contributed by atoms with van der Waals surface area (Å²) in [5.41, 5.74) is 2.84. The molecule has 0 atom stereocenters. The molecule has 2 aromatic rings. The molecule has 0 spiro atoms. The lowest BCUT2D eigenvalue weighted by molar-refractivity contribution is -0.119. The number of anilines is 2. The molecule has 0 aliphatic rings. The van der Waals surface area contributed by atoms with Gasteiger partial charge in [-0.25, -0.2) is 4.79 Å². The first-order valence-electron chi connectivity index (χ1n) is 8.43. The van der Waals surface area contributed by atoms with E-state index < -0.39 is 11.9 Å². The van der Waals surface area contributed by atoms with E-state index in [9.17, 15) is 14.4 Å². The van der Waals surface area contributed by atoms with Crippen LogP contribution in [-0.2, 0) is 20.9 Å². The van der Waals surface area contributed by atoms with Crippen molar-refractivity contribution in [2.75, 3.05) is 30.9 Å². The van der Waals surface area contributed by atoms with Crippen LogP contribution >= 0.6 is 0 Å². The van der Waals surface area contributed by atoms with Gasteiger partial charge in [-0.15, -0.1) is 0 Å². The molecule has 0 aliphatic carbocycles. The molecule has 0 saturated carbocycles. The molecular weight excluding hydrogens is 346 g/mol. The molecule has 2 amide bonds. The topological polar surface area (TPSA) is 87.7 Å². The van der Waals surface area contributed by atoms with Crippen LogP contribution < -0.4 is 15.5 Å². The van der Waals surface area contributed by atoms with Crippen LogP contribution in [0.15, 0.2) is 48.5 Å². The number of amides is 2. The van der Waals surface area contributed by atoms with Gasteiger partial charge in [0.25, 0.3) is 5.91 Å². The largest absolute Gasteiger partial charge is 0.452 e. The summed E-state index contributed by atoms with van der Waals surface area (Å²) in [5, 5.41) is 5.35. The fourth-order valence-electron chi connectivity index (χ4n) is 2.24. The van der Waals surface area contributed by atoms with Gasteiger partial charge >= 0.3 is 5.97 Å². The van der Waals surface area contributed by atoms with E-state index in [1.165, 1.54) is 6.92 Å². The number of carbonyl (C=O) groups is 3. The van der Waals surface area contributed by atoms with Gasteiger partial charge in [-0.05, 0) is 42.0 Å². The molecule has 0 fully saturated rings. The lowest BCUT2D eigenvalue weighted by Gasteiger charge is -2.13. The summed E-state index contributed by atoms with van der Waals surface area (Å²) < 4.78 is 5.03. The highest BCUT2D eigenvalue weighted by atomic mass is 16.5. The first kappa shape index (κ1) is 20.0. The molecule has 0 heterocycles. The normalized spacial score (nSPS) is 10.0. The van der Waals surface area contributed by atoms with Crippen LogP contribution in [-0.4, -0.2) is 38.5 Å². The number of nitrogens with one attached hydrogen (secondary N) is 2. The molecular formula is C20H23N3O4. The monoisotopic (exact) mass is 369 g/mol. The summed E-state index contributed by atoms with van der Waals surface area (Å²) in [6, 6.07) is 14.0. The van der Waals surface area contributed by atoms with Crippen LogP contribution in [0.2, 0.25) is 0 Å². The molecule has 0 aromatic heterocycles. The summed E-state index contributed by atoms with van der Waals surface area (Å²) in [7, 11) is 3.86. The SMILES string of the molecule is CC(=O)NCc1ccc(C(=O)OCC(=O)Nc2ccc(N(C)C)cc2)cc1. The standard InChI is InChI=1S/C20H23N3O4/c1-14(24)21-12-15-4-6-16(7-5-15)20(26)27-13-19(25)22-17-8-10-18(11-9-17)23(2)3/h4-11H,12-13H2,1-3H3,(H,21,24)(H,22,25). The fraction of sp³-hybridized carbons (Fsp3) is 0.250. The minimum Gasteiger partial charge on any atom is -0.452 e. The Hall–Kier alpha value is -3.35. The Morgan fingerprint density at radius 1 is 0.963 bits per heavy atom. The molecule has 27 heavy (non-hydrogen) atoms. The number of hydrogen-bond donors (Lipinski definition) is 2. The second-order valence-corrected chi connectivity index (χ2v) is 6.17. The van der Waals surface area contributed by atoms with Crippen molar-refractivity contribution in [2.45, 2.75) is 13.5 Å². The maximum absolute atomic E-state index is 12.0. The Bertz CT molecular complexity index is 799. The van der Waals surface area contributed by atoms with Gasteiger partial charge in [0.15, 0.2) is 6.61 Å². The second-order valence-electron chi connectivity index (χ2n) is 6.17. The predicted molar refractivity (Wildman–Crippen MR) is 104 cm³/mol. The van der Waals surface area contributed by atoms with E-state index in [1.807, 2.05) is 31.1 Å². The van der Waals surface area contributed by atoms with Gasteiger partial charge in [0, 0.05) is 38.9 Å². The van der Waals surface area contributed by atoms with Crippen LogP contribution in [0.3, 0.4) is 0 Å². The van der Waals surface area contributed by atoms with Crippen molar-refractivity contribution < 1.29 is 19.1 Å². The van der Waals surface area contributed by atoms with Crippen molar-refractivity contribution >= 4 is 29.2 Å². The van der Waals surface area contributed by atoms with E-state index in [2.05, 4.69) is 10.6 Å². The zero-order valence-electron chi connectivity index (χ0n) is 15.6. The highest BCUT2D eigenvalue weighted by molar-refractivity contribution is 5.95. The van der Waals surface area contributed by atoms with Crippen LogP contribution in [0.1, 0.15) is 22.8 Å². The first-order valence-corrected chi connectivity index (χ1v) is 8.43. The summed E-state index contributed by atoms with van der Waals surface area (Å²) in [6.45, 7) is 1.45. The van der Waals surface area contributed by atoms with E-state index in [0.29, 0.717) is 17.8 Å². The second kappa shape index (κ2) is 9.38. The molecule has 0 unspecified atom stereocenters. The van der Waals surface area contributed by atoms with E-state index in [1.54, 1.807) is 36.4 Å². The van der Waals surface area contributed by atoms with Crippen LogP contribution in [0.4, 0.5) is 11.4 Å². The average Bonchev–Trinajstić information content (AvgIpc) is 2.65. The number of hydrogen-bond acceptors (Lipinski definition) is 5. The molecule has 0 aliphatic heterocycles. The van der Waals surface area contributed by atoms with E-state index in [4.69, 9.17) is 4.74 Å². The van der Waals surface area contributed by atoms with Crippen LogP contribution in [0, 0.1) is 0 Å². The predicted octanol–water partition coefficient (Wildman–Crippen LogP) is 2.18. The van der Waals surface area contributed by atoms with Crippen molar-refractivity contribution in [1.82, 2.24) is 5.32 Å². The summed E-state index contributed by atoms with van der Waals surface area (Å²) >= 11 is 0. The Morgan fingerprint density at radius 2 is 1.59 bits per heavy atom. The zero-order valence-corrected chi connectivity index (χ0v) is 15.6. The van der Waals surface area contributed by atoms with Gasteiger partial charge in [0.05, 0.1) is 5.56 Å². The van der Waals surface area contributed by atoms with Gasteiger partial charge in [-0.1, -0.05) is 12.1 Å². The van der Waals surface area contributed by atoms with E-state index in [-0.39, 0.29) is 12.5 Å². The lowest BCUT2D eigenvalue weighted by Crippen LogP contribution is -2.21. The molecule has 2 rings (SSSR count). The van der Waals surface area contributed by atoms with E-state index >= 15 is 0 Å². The molecule has 7 nitrogen and oxygen atoms in total. The van der Waals surface area contributed by atoms with Crippen LogP contribution in [0.5, 0.6) is 0 Å². The maximum atomic E-state index is 12.0. The van der Waals surface area contributed by atoms with Crippen molar-refractivity contribution in [2.24, 2.45) is 0 Å². The van der Waals surface area contributed by atoms with Crippen molar-refractivity contribution in [1.29, 1.82) is 0 Å². The highest BCUT2D eigenvalue weighted by Crippen LogP contribution is 2.15. The lowest BCUT2D eigenvalue weighted by atomic mass is 10.1. The Morgan fingerprint density at radius 3 is 2.15 bits per heavy atom. The Kier molecular flexibility index (Phi) is 6.93. The number of rotatable bonds is 7. The Labute approximate surface area is 158 Å².